The van der Waals surface area contributed by atoms with Crippen LogP contribution in [0.25, 0.3) is 0 Å². The summed E-state index contributed by atoms with van der Waals surface area (Å²) in [6, 6.07) is 5.63. The Morgan fingerprint density at radius 2 is 2.15 bits per heavy atom. The lowest BCUT2D eigenvalue weighted by Crippen LogP contribution is -2.29. The van der Waals surface area contributed by atoms with E-state index in [0.29, 0.717) is 29.8 Å². The van der Waals surface area contributed by atoms with Crippen LogP contribution in [0.2, 0.25) is 0 Å². The summed E-state index contributed by atoms with van der Waals surface area (Å²) in [5.41, 5.74) is 7.48. The average Bonchev–Trinajstić information content (AvgIpc) is 3.05. The fourth-order valence-electron chi connectivity index (χ4n) is 2.38. The number of rotatable bonds is 10. The fraction of sp³-hybridized carbons (Fsp3) is 0.444. The van der Waals surface area contributed by atoms with Crippen LogP contribution in [0.3, 0.4) is 0 Å². The highest BCUT2D eigenvalue weighted by Crippen LogP contribution is 2.30. The summed E-state index contributed by atoms with van der Waals surface area (Å²) in [6.07, 6.45) is 5.46. The molecular weight excluding hydrogens is 350 g/mol. The molecule has 7 nitrogen and oxygen atoms in total. The van der Waals surface area contributed by atoms with Crippen LogP contribution in [-0.2, 0) is 6.54 Å². The van der Waals surface area contributed by atoms with Crippen LogP contribution in [-0.4, -0.2) is 41.5 Å². The van der Waals surface area contributed by atoms with Gasteiger partial charge in [0, 0.05) is 36.7 Å². The Morgan fingerprint density at radius 3 is 2.85 bits per heavy atom. The average molecular weight is 378 g/mol. The van der Waals surface area contributed by atoms with E-state index >= 15 is 0 Å². The highest BCUT2D eigenvalue weighted by atomic mass is 32.1. The molecule has 0 bridgehead atoms. The molecule has 0 saturated heterocycles. The molecule has 8 heteroatoms. The Morgan fingerprint density at radius 1 is 1.31 bits per heavy atom. The number of hydrogen-bond donors (Lipinski definition) is 3. The number of nitrogens with one attached hydrogen (secondary N) is 2. The van der Waals surface area contributed by atoms with E-state index in [1.807, 2.05) is 37.6 Å². The number of hydrogen-bond acceptors (Lipinski definition) is 5. The van der Waals surface area contributed by atoms with Gasteiger partial charge in [0.1, 0.15) is 0 Å². The lowest BCUT2D eigenvalue weighted by atomic mass is 10.2. The second kappa shape index (κ2) is 10.6. The minimum absolute atomic E-state index is 0.565. The molecule has 1 aromatic heterocycles. The van der Waals surface area contributed by atoms with E-state index in [-0.39, 0.29) is 0 Å². The van der Waals surface area contributed by atoms with Gasteiger partial charge >= 0.3 is 0 Å². The Balaban J connectivity index is 1.77. The number of methoxy groups -OCH3 is 1. The molecule has 142 valence electrons. The lowest BCUT2D eigenvalue weighted by molar-refractivity contribution is 0.291. The Hall–Kier alpha value is -2.32. The van der Waals surface area contributed by atoms with Crippen molar-refractivity contribution in [2.75, 3.05) is 32.1 Å². The van der Waals surface area contributed by atoms with Crippen molar-refractivity contribution in [3.05, 3.63) is 36.4 Å². The predicted octanol–water partition coefficient (Wildman–Crippen LogP) is 2.30. The number of aryl methyl sites for hydroxylation is 2. The third-order valence-corrected chi connectivity index (χ3v) is 4.06. The first-order chi connectivity index (χ1) is 12.6. The van der Waals surface area contributed by atoms with Gasteiger partial charge in [0.05, 0.1) is 20.0 Å². The summed E-state index contributed by atoms with van der Waals surface area (Å²) in [5.74, 6) is 1.35. The van der Waals surface area contributed by atoms with E-state index in [1.54, 1.807) is 7.11 Å². The molecule has 0 amide bonds. The maximum absolute atomic E-state index is 5.66. The zero-order chi connectivity index (χ0) is 18.8. The maximum Gasteiger partial charge on any atom is 0.170 e. The van der Waals surface area contributed by atoms with Crippen LogP contribution in [0.4, 0.5) is 5.69 Å². The highest BCUT2D eigenvalue weighted by molar-refractivity contribution is 7.80. The SMILES string of the molecule is COc1cc(NC(=S)NCCCn2cncc2C)ccc1OCCCN. The van der Waals surface area contributed by atoms with Gasteiger partial charge in [0.2, 0.25) is 0 Å². The van der Waals surface area contributed by atoms with E-state index in [0.717, 1.165) is 37.3 Å². The summed E-state index contributed by atoms with van der Waals surface area (Å²) >= 11 is 5.35. The minimum atomic E-state index is 0.565. The first-order valence-corrected chi connectivity index (χ1v) is 9.07. The van der Waals surface area contributed by atoms with Crippen LogP contribution < -0.4 is 25.8 Å². The van der Waals surface area contributed by atoms with Crippen molar-refractivity contribution in [1.29, 1.82) is 0 Å². The highest BCUT2D eigenvalue weighted by Gasteiger charge is 2.07. The van der Waals surface area contributed by atoms with Crippen molar-refractivity contribution in [1.82, 2.24) is 14.9 Å². The summed E-state index contributed by atoms with van der Waals surface area (Å²) < 4.78 is 13.2. The zero-order valence-electron chi connectivity index (χ0n) is 15.3. The predicted molar refractivity (Wildman–Crippen MR) is 108 cm³/mol. The number of nitrogens with zero attached hydrogens (tertiary/aromatic N) is 2. The van der Waals surface area contributed by atoms with Gasteiger partial charge in [0.15, 0.2) is 16.6 Å². The van der Waals surface area contributed by atoms with E-state index in [4.69, 9.17) is 27.4 Å². The van der Waals surface area contributed by atoms with Crippen molar-refractivity contribution in [3.63, 3.8) is 0 Å². The van der Waals surface area contributed by atoms with E-state index in [1.165, 1.54) is 0 Å². The maximum atomic E-state index is 5.66. The Kier molecular flexibility index (Phi) is 8.17. The molecule has 0 aliphatic carbocycles. The van der Waals surface area contributed by atoms with Crippen molar-refractivity contribution in [2.24, 2.45) is 5.73 Å². The number of benzene rings is 1. The molecule has 2 aromatic rings. The molecule has 0 spiro atoms. The molecule has 2 rings (SSSR count). The molecule has 0 atom stereocenters. The van der Waals surface area contributed by atoms with Crippen molar-refractivity contribution >= 4 is 23.0 Å². The number of thiocarbonyl (C=S) groups is 1. The van der Waals surface area contributed by atoms with Crippen LogP contribution in [0, 0.1) is 6.92 Å². The molecule has 0 aliphatic rings. The van der Waals surface area contributed by atoms with Gasteiger partial charge in [-0.2, -0.15) is 0 Å². The van der Waals surface area contributed by atoms with E-state index in [9.17, 15) is 0 Å². The summed E-state index contributed by atoms with van der Waals surface area (Å²) in [4.78, 5) is 4.11. The van der Waals surface area contributed by atoms with Crippen molar-refractivity contribution < 1.29 is 9.47 Å². The zero-order valence-corrected chi connectivity index (χ0v) is 16.1. The number of anilines is 1. The molecule has 0 radical (unpaired) electrons. The molecule has 4 N–H and O–H groups in total. The normalized spacial score (nSPS) is 10.4. The summed E-state index contributed by atoms with van der Waals surface area (Å²) in [6.45, 7) is 4.90. The number of imidazole rings is 1. The van der Waals surface area contributed by atoms with Gasteiger partial charge in [-0.15, -0.1) is 0 Å². The Labute approximate surface area is 159 Å². The first-order valence-electron chi connectivity index (χ1n) is 8.66. The van der Waals surface area contributed by atoms with Crippen LogP contribution in [0.15, 0.2) is 30.7 Å². The molecular formula is C18H27N5O2S. The van der Waals surface area contributed by atoms with Crippen molar-refractivity contribution in [3.8, 4) is 11.5 Å². The Bertz CT molecular complexity index is 705. The third kappa shape index (κ3) is 6.20. The van der Waals surface area contributed by atoms with Crippen molar-refractivity contribution in [2.45, 2.75) is 26.3 Å². The third-order valence-electron chi connectivity index (χ3n) is 3.81. The van der Waals surface area contributed by atoms with Gasteiger partial charge in [-0.3, -0.25) is 0 Å². The van der Waals surface area contributed by atoms with Crippen LogP contribution in [0.5, 0.6) is 11.5 Å². The van der Waals surface area contributed by atoms with Crippen LogP contribution >= 0.6 is 12.2 Å². The minimum Gasteiger partial charge on any atom is -0.493 e. The standard InChI is InChI=1S/C18H27N5O2S/c1-14-12-20-13-23(14)9-4-8-21-18(26)22-15-5-6-16(17(11-15)24-2)25-10-3-7-19/h5-6,11-13H,3-4,7-10,19H2,1-2H3,(H2,21,22,26). The smallest absolute Gasteiger partial charge is 0.170 e. The van der Waals surface area contributed by atoms with Gasteiger partial charge in [-0.1, -0.05) is 0 Å². The molecule has 1 aromatic carbocycles. The molecule has 0 fully saturated rings. The summed E-state index contributed by atoms with van der Waals surface area (Å²) in [5, 5.41) is 6.94. The first kappa shape index (κ1) is 20.0. The lowest BCUT2D eigenvalue weighted by Gasteiger charge is -2.14. The van der Waals surface area contributed by atoms with Gasteiger partial charge < -0.3 is 30.4 Å². The molecule has 0 aliphatic heterocycles. The number of aromatic nitrogens is 2. The van der Waals surface area contributed by atoms with E-state index in [2.05, 4.69) is 20.2 Å². The second-order valence-corrected chi connectivity index (χ2v) is 6.23. The second-order valence-electron chi connectivity index (χ2n) is 5.82. The summed E-state index contributed by atoms with van der Waals surface area (Å²) in [7, 11) is 1.61. The van der Waals surface area contributed by atoms with Gasteiger partial charge in [0.25, 0.3) is 0 Å². The van der Waals surface area contributed by atoms with Gasteiger partial charge in [-0.05, 0) is 50.7 Å². The van der Waals surface area contributed by atoms with E-state index < -0.39 is 0 Å². The quantitative estimate of drug-likeness (QED) is 0.433. The molecule has 26 heavy (non-hydrogen) atoms. The monoisotopic (exact) mass is 377 g/mol. The van der Waals surface area contributed by atoms with Crippen LogP contribution in [0.1, 0.15) is 18.5 Å². The topological polar surface area (TPSA) is 86.4 Å². The molecule has 0 saturated carbocycles. The van der Waals surface area contributed by atoms with Gasteiger partial charge in [-0.25, -0.2) is 4.98 Å². The fourth-order valence-corrected chi connectivity index (χ4v) is 2.60. The largest absolute Gasteiger partial charge is 0.493 e. The molecule has 0 unspecified atom stereocenters. The molecule has 1 heterocycles. The number of nitrogens with two attached hydrogens (primary N) is 1. The number of ether oxygens (including phenoxy) is 2.